The zero-order valence-electron chi connectivity index (χ0n) is 17.7. The molecule has 4 heterocycles. The molecule has 12 nitrogen and oxygen atoms in total. The van der Waals surface area contributed by atoms with Crippen molar-refractivity contribution in [3.63, 3.8) is 0 Å². The summed E-state index contributed by atoms with van der Waals surface area (Å²) in [6.07, 6.45) is 5.00. The van der Waals surface area contributed by atoms with Gasteiger partial charge in [-0.05, 0) is 13.0 Å². The Morgan fingerprint density at radius 1 is 1.06 bits per heavy atom. The predicted octanol–water partition coefficient (Wildman–Crippen LogP) is 3.38. The maximum absolute atomic E-state index is 12.8. The summed E-state index contributed by atoms with van der Waals surface area (Å²) in [4.78, 5) is 22.6. The van der Waals surface area contributed by atoms with Crippen LogP contribution in [0.15, 0.2) is 36.9 Å². The minimum Gasteiger partial charge on any atom is -0.379 e. The lowest BCUT2D eigenvalue weighted by Gasteiger charge is -2.24. The van der Waals surface area contributed by atoms with Crippen LogP contribution in [-0.4, -0.2) is 60.9 Å². The Hall–Kier alpha value is -3.32. The summed E-state index contributed by atoms with van der Waals surface area (Å²) in [5, 5.41) is 18.2. The van der Waals surface area contributed by atoms with Crippen LogP contribution in [-0.2, 0) is 9.47 Å². The van der Waals surface area contributed by atoms with E-state index in [0.717, 1.165) is 0 Å². The zero-order valence-corrected chi connectivity index (χ0v) is 19.2. The van der Waals surface area contributed by atoms with Gasteiger partial charge in [-0.25, -0.2) is 19.3 Å². The van der Waals surface area contributed by atoms with Gasteiger partial charge in [0.05, 0.1) is 47.3 Å². The summed E-state index contributed by atoms with van der Waals surface area (Å²) >= 11 is 12.3. The highest BCUT2D eigenvalue weighted by molar-refractivity contribution is 6.32. The highest BCUT2D eigenvalue weighted by Gasteiger charge is 2.27. The van der Waals surface area contributed by atoms with E-state index in [4.69, 9.17) is 32.7 Å². The van der Waals surface area contributed by atoms with Crippen molar-refractivity contribution in [2.75, 3.05) is 24.9 Å². The van der Waals surface area contributed by atoms with Crippen molar-refractivity contribution in [3.8, 4) is 5.82 Å². The first-order valence-corrected chi connectivity index (χ1v) is 10.4. The number of methoxy groups -OCH3 is 2. The minimum absolute atomic E-state index is 0.248. The number of hydrogen-bond acceptors (Lipinski definition) is 8. The number of carbonyl (C=O) groups is 1. The van der Waals surface area contributed by atoms with Crippen molar-refractivity contribution >= 4 is 46.3 Å². The van der Waals surface area contributed by atoms with Gasteiger partial charge in [0.1, 0.15) is 11.8 Å². The predicted molar refractivity (Wildman–Crippen MR) is 121 cm³/mol. The number of nitrogens with zero attached hydrogens (tertiary/aromatic N) is 7. The number of fused-ring (bicyclic) bond motifs is 1. The Morgan fingerprint density at radius 3 is 2.48 bits per heavy atom. The Kier molecular flexibility index (Phi) is 6.70. The number of ether oxygens (including phenoxy) is 2. The Bertz CT molecular complexity index is 1280. The highest BCUT2D eigenvalue weighted by atomic mass is 35.5. The summed E-state index contributed by atoms with van der Waals surface area (Å²) in [7, 11) is 3.09. The SMILES string of the molecule is CO[C@@H](C)[C@H](OC)c1c(NC(=O)Nc2cnc(-n3nccn3)c(Cl)c2)cnc2cc(Cl)nn12. The van der Waals surface area contributed by atoms with Crippen LogP contribution in [0.3, 0.4) is 0 Å². The molecule has 2 amide bonds. The first kappa shape index (κ1) is 22.9. The molecule has 4 rings (SSSR count). The smallest absolute Gasteiger partial charge is 0.323 e. The van der Waals surface area contributed by atoms with Gasteiger partial charge in [0.2, 0.25) is 0 Å². The summed E-state index contributed by atoms with van der Waals surface area (Å²) in [5.41, 5.74) is 1.71. The molecule has 2 atom stereocenters. The van der Waals surface area contributed by atoms with Crippen molar-refractivity contribution in [2.45, 2.75) is 19.1 Å². The summed E-state index contributed by atoms with van der Waals surface area (Å²) < 4.78 is 12.6. The van der Waals surface area contributed by atoms with Crippen molar-refractivity contribution in [2.24, 2.45) is 0 Å². The maximum Gasteiger partial charge on any atom is 0.323 e. The van der Waals surface area contributed by atoms with Crippen LogP contribution in [0, 0.1) is 0 Å². The van der Waals surface area contributed by atoms with Gasteiger partial charge in [-0.2, -0.15) is 15.3 Å². The van der Waals surface area contributed by atoms with E-state index in [1.165, 1.54) is 47.3 Å². The number of carbonyl (C=O) groups excluding carboxylic acids is 1. The number of aromatic nitrogens is 7. The maximum atomic E-state index is 12.8. The molecule has 0 radical (unpaired) electrons. The van der Waals surface area contributed by atoms with Crippen molar-refractivity contribution in [3.05, 3.63) is 52.8 Å². The molecule has 0 saturated carbocycles. The van der Waals surface area contributed by atoms with Crippen LogP contribution in [0.4, 0.5) is 16.2 Å². The minimum atomic E-state index is -0.580. The van der Waals surface area contributed by atoms with Gasteiger partial charge in [0.15, 0.2) is 16.6 Å². The highest BCUT2D eigenvalue weighted by Crippen LogP contribution is 2.30. The number of amides is 2. The summed E-state index contributed by atoms with van der Waals surface area (Å²) in [6, 6.07) is 2.58. The van der Waals surface area contributed by atoms with Crippen LogP contribution in [0.5, 0.6) is 0 Å². The van der Waals surface area contributed by atoms with Crippen molar-refractivity contribution in [1.29, 1.82) is 0 Å². The second kappa shape index (κ2) is 9.67. The van der Waals surface area contributed by atoms with Gasteiger partial charge in [-0.15, -0.1) is 4.80 Å². The van der Waals surface area contributed by atoms with Crippen LogP contribution >= 0.6 is 23.2 Å². The second-order valence-corrected chi connectivity index (χ2v) is 7.61. The van der Waals surface area contributed by atoms with E-state index in [9.17, 15) is 4.79 Å². The summed E-state index contributed by atoms with van der Waals surface area (Å²) in [5.74, 6) is 0.330. The largest absolute Gasteiger partial charge is 0.379 e. The molecule has 0 bridgehead atoms. The fraction of sp³-hybridized carbons (Fsp3) is 0.263. The number of nitrogens with one attached hydrogen (secondary N) is 2. The van der Waals surface area contributed by atoms with Crippen LogP contribution in [0.25, 0.3) is 11.5 Å². The van der Waals surface area contributed by atoms with E-state index in [1.807, 2.05) is 6.92 Å². The average molecular weight is 492 g/mol. The van der Waals surface area contributed by atoms with E-state index in [1.54, 1.807) is 13.2 Å². The lowest BCUT2D eigenvalue weighted by Crippen LogP contribution is -2.26. The Labute approximate surface area is 197 Å². The fourth-order valence-corrected chi connectivity index (χ4v) is 3.61. The van der Waals surface area contributed by atoms with Gasteiger partial charge in [0, 0.05) is 20.3 Å². The molecule has 0 aromatic carbocycles. The van der Waals surface area contributed by atoms with Crippen LogP contribution in [0.1, 0.15) is 18.7 Å². The van der Waals surface area contributed by atoms with Gasteiger partial charge >= 0.3 is 6.03 Å². The normalized spacial score (nSPS) is 13.1. The average Bonchev–Trinajstić information content (AvgIpc) is 3.44. The summed E-state index contributed by atoms with van der Waals surface area (Å²) in [6.45, 7) is 1.83. The first-order valence-electron chi connectivity index (χ1n) is 9.61. The molecule has 4 aromatic heterocycles. The molecule has 0 saturated heterocycles. The van der Waals surface area contributed by atoms with Gasteiger partial charge < -0.3 is 20.1 Å². The molecular weight excluding hydrogens is 473 g/mol. The molecule has 2 N–H and O–H groups in total. The standard InChI is InChI=1S/C19H19Cl2N9O3/c1-10(32-2)17(33-3)16-13(9-22-15-7-14(21)28-29(15)16)27-19(31)26-11-6-12(20)18(23-8-11)30-24-4-5-25-30/h4-10,17H,1-3H3,(H2,26,27,31)/t10-,17-/m0/s1. The molecule has 0 unspecified atom stereocenters. The number of urea groups is 1. The molecule has 172 valence electrons. The third-order valence-electron chi connectivity index (χ3n) is 4.75. The van der Waals surface area contributed by atoms with Crippen LogP contribution in [0.2, 0.25) is 10.2 Å². The molecule has 14 heteroatoms. The number of hydrogen-bond donors (Lipinski definition) is 2. The monoisotopic (exact) mass is 491 g/mol. The molecule has 0 fully saturated rings. The Morgan fingerprint density at radius 2 is 1.82 bits per heavy atom. The van der Waals surface area contributed by atoms with E-state index in [2.05, 4.69) is 35.9 Å². The number of anilines is 2. The molecule has 4 aromatic rings. The van der Waals surface area contributed by atoms with E-state index >= 15 is 0 Å². The third kappa shape index (κ3) is 4.73. The van der Waals surface area contributed by atoms with Crippen molar-refractivity contribution < 1.29 is 14.3 Å². The zero-order chi connectivity index (χ0) is 23.5. The Balaban J connectivity index is 1.61. The topological polar surface area (TPSA) is 133 Å². The van der Waals surface area contributed by atoms with E-state index in [-0.39, 0.29) is 16.3 Å². The van der Waals surface area contributed by atoms with E-state index < -0.39 is 12.1 Å². The lowest BCUT2D eigenvalue weighted by molar-refractivity contribution is -0.0305. The lowest BCUT2D eigenvalue weighted by atomic mass is 10.1. The third-order valence-corrected chi connectivity index (χ3v) is 5.21. The second-order valence-electron chi connectivity index (χ2n) is 6.82. The molecular formula is C19H19Cl2N9O3. The number of rotatable bonds is 7. The van der Waals surface area contributed by atoms with Crippen molar-refractivity contribution in [1.82, 2.24) is 34.6 Å². The fourth-order valence-electron chi connectivity index (χ4n) is 3.20. The van der Waals surface area contributed by atoms with Crippen LogP contribution < -0.4 is 10.6 Å². The molecule has 0 aliphatic heterocycles. The molecule has 0 aliphatic carbocycles. The van der Waals surface area contributed by atoms with Gasteiger partial charge in [-0.3, -0.25) is 0 Å². The number of halogens is 2. The quantitative estimate of drug-likeness (QED) is 0.401. The molecule has 0 spiro atoms. The van der Waals surface area contributed by atoms with E-state index in [0.29, 0.717) is 28.5 Å². The van der Waals surface area contributed by atoms with Gasteiger partial charge in [-0.1, -0.05) is 23.2 Å². The first-order chi connectivity index (χ1) is 15.9. The van der Waals surface area contributed by atoms with Gasteiger partial charge in [0.25, 0.3) is 0 Å². The molecule has 0 aliphatic rings. The molecule has 33 heavy (non-hydrogen) atoms. The number of pyridine rings is 1.